The smallest absolute Gasteiger partial charge is 0.149 e. The summed E-state index contributed by atoms with van der Waals surface area (Å²) < 4.78 is 30.7. The number of aromatic nitrogens is 3. The monoisotopic (exact) mass is 438 g/mol. The molecule has 0 N–H and O–H groups in total. The molecule has 4 rings (SSSR count). The molecule has 7 nitrogen and oxygen atoms in total. The summed E-state index contributed by atoms with van der Waals surface area (Å²) in [4.78, 5) is 5.35. The first kappa shape index (κ1) is 21.0. The van der Waals surface area contributed by atoms with Gasteiger partial charge in [-0.2, -0.15) is 0 Å². The third-order valence-electron chi connectivity index (χ3n) is 6.07. The number of thiophene rings is 1. The van der Waals surface area contributed by atoms with Gasteiger partial charge < -0.3 is 4.74 Å². The first-order valence-electron chi connectivity index (χ1n) is 10.3. The Morgan fingerprint density at radius 1 is 1.41 bits per heavy atom. The molecule has 1 fully saturated rings. The topological polar surface area (TPSA) is 77.3 Å². The lowest BCUT2D eigenvalue weighted by molar-refractivity contribution is -0.110. The minimum absolute atomic E-state index is 0.0820. The summed E-state index contributed by atoms with van der Waals surface area (Å²) in [6.45, 7) is 7.33. The number of hydrogen-bond acceptors (Lipinski definition) is 7. The summed E-state index contributed by atoms with van der Waals surface area (Å²) in [6.07, 6.45) is 7.21. The van der Waals surface area contributed by atoms with Crippen molar-refractivity contribution in [1.29, 1.82) is 0 Å². The fourth-order valence-electron chi connectivity index (χ4n) is 4.47. The predicted octanol–water partition coefficient (Wildman–Crippen LogP) is 2.40. The van der Waals surface area contributed by atoms with Gasteiger partial charge in [0.05, 0.1) is 24.6 Å². The summed E-state index contributed by atoms with van der Waals surface area (Å²) in [5.74, 6) is 0.0820. The van der Waals surface area contributed by atoms with E-state index < -0.39 is 9.84 Å². The van der Waals surface area contributed by atoms with Gasteiger partial charge in [0, 0.05) is 41.3 Å². The highest BCUT2D eigenvalue weighted by Crippen LogP contribution is 2.47. The van der Waals surface area contributed by atoms with Crippen molar-refractivity contribution in [1.82, 2.24) is 19.9 Å². The molecule has 0 saturated carbocycles. The van der Waals surface area contributed by atoms with Crippen LogP contribution in [0.1, 0.15) is 47.7 Å². The number of ether oxygens (including phenoxy) is 1. The Morgan fingerprint density at radius 3 is 2.97 bits per heavy atom. The van der Waals surface area contributed by atoms with Crippen LogP contribution in [0.4, 0.5) is 0 Å². The second-order valence-electron chi connectivity index (χ2n) is 8.39. The van der Waals surface area contributed by atoms with Gasteiger partial charge in [-0.15, -0.1) is 16.4 Å². The molecule has 0 bridgehead atoms. The van der Waals surface area contributed by atoms with Crippen LogP contribution in [0.2, 0.25) is 0 Å². The molecule has 29 heavy (non-hydrogen) atoms. The third kappa shape index (κ3) is 4.57. The highest BCUT2D eigenvalue weighted by molar-refractivity contribution is 7.90. The van der Waals surface area contributed by atoms with Crippen molar-refractivity contribution in [3.05, 3.63) is 33.3 Å². The van der Waals surface area contributed by atoms with Crippen molar-refractivity contribution >= 4 is 21.2 Å². The summed E-state index contributed by atoms with van der Waals surface area (Å²) in [6, 6.07) is 2.76. The van der Waals surface area contributed by atoms with Gasteiger partial charge in [0.15, 0.2) is 0 Å². The van der Waals surface area contributed by atoms with E-state index in [4.69, 9.17) is 4.74 Å². The predicted molar refractivity (Wildman–Crippen MR) is 114 cm³/mol. The Bertz CT molecular complexity index is 968. The standard InChI is InChI=1S/C20H30N4O3S2/c1-4-18-11-16-5-9-27-20(19(16)28-18)6-7-23(15(2)12-20)13-17-14-24(22-21-17)8-10-29(3,25)26/h11,14-15H,4-10,12-13H2,1-3H3. The molecule has 2 aliphatic heterocycles. The lowest BCUT2D eigenvalue weighted by atomic mass is 9.82. The van der Waals surface area contributed by atoms with Crippen LogP contribution < -0.4 is 0 Å². The van der Waals surface area contributed by atoms with Gasteiger partial charge in [0.2, 0.25) is 0 Å². The summed E-state index contributed by atoms with van der Waals surface area (Å²) in [5.41, 5.74) is 2.25. The molecule has 1 spiro atoms. The van der Waals surface area contributed by atoms with Crippen molar-refractivity contribution in [2.24, 2.45) is 0 Å². The maximum absolute atomic E-state index is 11.3. The highest BCUT2D eigenvalue weighted by Gasteiger charge is 2.44. The number of hydrogen-bond donors (Lipinski definition) is 0. The Labute approximate surface area is 177 Å². The van der Waals surface area contributed by atoms with E-state index in [2.05, 4.69) is 35.1 Å². The first-order chi connectivity index (χ1) is 13.8. The Kier molecular flexibility index (Phi) is 5.85. The molecule has 4 heterocycles. The van der Waals surface area contributed by atoms with Crippen LogP contribution in [0.5, 0.6) is 0 Å². The van der Waals surface area contributed by atoms with Crippen LogP contribution in [0.15, 0.2) is 12.3 Å². The van der Waals surface area contributed by atoms with Crippen LogP contribution in [0.3, 0.4) is 0 Å². The highest BCUT2D eigenvalue weighted by atomic mass is 32.2. The van der Waals surface area contributed by atoms with E-state index in [1.807, 2.05) is 17.5 Å². The first-order valence-corrected chi connectivity index (χ1v) is 13.2. The summed E-state index contributed by atoms with van der Waals surface area (Å²) in [7, 11) is -3.00. The molecule has 2 aliphatic rings. The average molecular weight is 439 g/mol. The molecule has 160 valence electrons. The van der Waals surface area contributed by atoms with E-state index in [1.165, 1.54) is 21.6 Å². The molecule has 2 unspecified atom stereocenters. The molecule has 0 radical (unpaired) electrons. The Hall–Kier alpha value is -1.29. The van der Waals surface area contributed by atoms with E-state index in [0.29, 0.717) is 12.6 Å². The maximum Gasteiger partial charge on any atom is 0.149 e. The molecule has 1 saturated heterocycles. The van der Waals surface area contributed by atoms with Crippen LogP contribution >= 0.6 is 11.3 Å². The SMILES string of the molecule is CCc1cc2c(s1)C1(CCN(Cc3cn(CCS(C)(=O)=O)nn3)C(C)C1)OCC2. The van der Waals surface area contributed by atoms with Gasteiger partial charge in [-0.3, -0.25) is 9.58 Å². The fraction of sp³-hybridized carbons (Fsp3) is 0.700. The molecule has 2 aromatic rings. The number of likely N-dealkylation sites (tertiary alicyclic amines) is 1. The van der Waals surface area contributed by atoms with E-state index in [9.17, 15) is 8.42 Å². The van der Waals surface area contributed by atoms with Crippen molar-refractivity contribution in [3.63, 3.8) is 0 Å². The third-order valence-corrected chi connectivity index (χ3v) is 8.50. The Balaban J connectivity index is 1.42. The largest absolute Gasteiger partial charge is 0.369 e. The van der Waals surface area contributed by atoms with Crippen LogP contribution in [0.25, 0.3) is 0 Å². The molecular weight excluding hydrogens is 408 g/mol. The average Bonchev–Trinajstić information content (AvgIpc) is 3.29. The zero-order valence-corrected chi connectivity index (χ0v) is 19.1. The Morgan fingerprint density at radius 2 is 2.24 bits per heavy atom. The van der Waals surface area contributed by atoms with Crippen molar-refractivity contribution in [2.45, 2.75) is 64.3 Å². The lowest BCUT2D eigenvalue weighted by Gasteiger charge is -2.46. The number of fused-ring (bicyclic) bond motifs is 2. The summed E-state index contributed by atoms with van der Waals surface area (Å²) in [5, 5.41) is 8.33. The van der Waals surface area contributed by atoms with Crippen LogP contribution in [-0.2, 0) is 46.1 Å². The quantitative estimate of drug-likeness (QED) is 0.689. The number of sulfone groups is 1. The fourth-order valence-corrected chi connectivity index (χ4v) is 6.32. The molecule has 2 aromatic heterocycles. The lowest BCUT2D eigenvalue weighted by Crippen LogP contribution is -2.50. The molecule has 0 aliphatic carbocycles. The van der Waals surface area contributed by atoms with Crippen LogP contribution in [-0.4, -0.2) is 59.5 Å². The molecule has 2 atom stereocenters. The molecule has 0 aromatic carbocycles. The minimum Gasteiger partial charge on any atom is -0.369 e. The van der Waals surface area contributed by atoms with Crippen molar-refractivity contribution in [2.75, 3.05) is 25.2 Å². The van der Waals surface area contributed by atoms with Gasteiger partial charge >= 0.3 is 0 Å². The second-order valence-corrected chi connectivity index (χ2v) is 11.8. The number of piperidine rings is 1. The van der Waals surface area contributed by atoms with Gasteiger partial charge in [-0.1, -0.05) is 12.1 Å². The number of nitrogens with zero attached hydrogens (tertiary/aromatic N) is 4. The zero-order chi connectivity index (χ0) is 20.6. The minimum atomic E-state index is -3.00. The van der Waals surface area contributed by atoms with E-state index in [0.717, 1.165) is 51.1 Å². The van der Waals surface area contributed by atoms with Crippen molar-refractivity contribution < 1.29 is 13.2 Å². The molecule has 0 amide bonds. The van der Waals surface area contributed by atoms with E-state index >= 15 is 0 Å². The normalized spacial score (nSPS) is 25.4. The van der Waals surface area contributed by atoms with E-state index in [1.54, 1.807) is 4.68 Å². The number of rotatable bonds is 6. The van der Waals surface area contributed by atoms with Gasteiger partial charge in [-0.25, -0.2) is 8.42 Å². The van der Waals surface area contributed by atoms with Gasteiger partial charge in [0.1, 0.15) is 15.4 Å². The number of aryl methyl sites for hydroxylation is 2. The van der Waals surface area contributed by atoms with Crippen LogP contribution in [0, 0.1) is 0 Å². The maximum atomic E-state index is 11.3. The zero-order valence-electron chi connectivity index (χ0n) is 17.4. The summed E-state index contributed by atoms with van der Waals surface area (Å²) >= 11 is 1.94. The molecular formula is C20H30N4O3S2. The van der Waals surface area contributed by atoms with Crippen molar-refractivity contribution in [3.8, 4) is 0 Å². The van der Waals surface area contributed by atoms with E-state index in [-0.39, 0.29) is 11.4 Å². The van der Waals surface area contributed by atoms with Gasteiger partial charge in [0.25, 0.3) is 0 Å². The second kappa shape index (κ2) is 8.09. The molecule has 9 heteroatoms. The van der Waals surface area contributed by atoms with Gasteiger partial charge in [-0.05, 0) is 44.2 Å².